The van der Waals surface area contributed by atoms with Crippen LogP contribution in [0.5, 0.6) is 5.88 Å². The van der Waals surface area contributed by atoms with Crippen molar-refractivity contribution >= 4 is 0 Å². The maximum absolute atomic E-state index is 5.36. The average molecular weight is 311 g/mol. The second-order valence-electron chi connectivity index (χ2n) is 4.68. The van der Waals surface area contributed by atoms with Gasteiger partial charge in [-0.2, -0.15) is 5.10 Å². The summed E-state index contributed by atoms with van der Waals surface area (Å²) in [5, 5.41) is 4.11. The fourth-order valence-electron chi connectivity index (χ4n) is 2.17. The van der Waals surface area contributed by atoms with Gasteiger partial charge >= 0.3 is 0 Å². The number of aromatic nitrogens is 5. The van der Waals surface area contributed by atoms with Crippen LogP contribution in [0.25, 0.3) is 11.1 Å². The van der Waals surface area contributed by atoms with Crippen molar-refractivity contribution in [1.82, 2.24) is 24.7 Å². The Kier molecular flexibility index (Phi) is 5.80. The van der Waals surface area contributed by atoms with Crippen LogP contribution in [-0.4, -0.2) is 31.8 Å². The molecular weight excluding hydrogens is 290 g/mol. The lowest BCUT2D eigenvalue weighted by Gasteiger charge is -2.10. The highest BCUT2D eigenvalue weighted by Gasteiger charge is 2.09. The monoisotopic (exact) mass is 311 g/mol. The quantitative estimate of drug-likeness (QED) is 0.740. The lowest BCUT2D eigenvalue weighted by Crippen LogP contribution is -2.02. The number of aryl methyl sites for hydroxylation is 1. The summed E-state index contributed by atoms with van der Waals surface area (Å²) >= 11 is 0. The molecule has 120 valence electrons. The van der Waals surface area contributed by atoms with Crippen molar-refractivity contribution in [2.24, 2.45) is 0 Å². The van der Waals surface area contributed by atoms with Gasteiger partial charge in [-0.1, -0.05) is 13.8 Å². The van der Waals surface area contributed by atoms with Crippen LogP contribution in [0.2, 0.25) is 0 Å². The molecule has 0 aliphatic heterocycles. The van der Waals surface area contributed by atoms with Gasteiger partial charge in [-0.25, -0.2) is 14.6 Å². The summed E-state index contributed by atoms with van der Waals surface area (Å²) in [6, 6.07) is 6.02. The van der Waals surface area contributed by atoms with Crippen molar-refractivity contribution in [2.45, 2.75) is 27.3 Å². The zero-order valence-corrected chi connectivity index (χ0v) is 13.9. The number of hydrogen-bond donors (Lipinski definition) is 0. The summed E-state index contributed by atoms with van der Waals surface area (Å²) in [6.45, 7) is 6.58. The summed E-state index contributed by atoms with van der Waals surface area (Å²) in [5.41, 5.74) is 3.97. The molecule has 0 spiro atoms. The molecule has 0 saturated heterocycles. The smallest absolute Gasteiger partial charge is 0.221 e. The minimum absolute atomic E-state index is 0.600. The molecule has 0 radical (unpaired) electrons. The van der Waals surface area contributed by atoms with Gasteiger partial charge in [0.2, 0.25) is 5.88 Å². The first-order valence-electron chi connectivity index (χ1n) is 7.54. The van der Waals surface area contributed by atoms with E-state index in [4.69, 9.17) is 4.74 Å². The Morgan fingerprint density at radius 3 is 2.65 bits per heavy atom. The summed E-state index contributed by atoms with van der Waals surface area (Å²) in [5.74, 6) is 0.600. The predicted molar refractivity (Wildman–Crippen MR) is 89.2 cm³/mol. The second-order valence-corrected chi connectivity index (χ2v) is 4.68. The maximum Gasteiger partial charge on any atom is 0.221 e. The molecule has 0 N–H and O–H groups in total. The fourth-order valence-corrected chi connectivity index (χ4v) is 2.17. The minimum atomic E-state index is 0.600. The molecule has 0 amide bonds. The van der Waals surface area contributed by atoms with E-state index in [2.05, 4.69) is 26.1 Å². The molecule has 0 unspecified atom stereocenters. The van der Waals surface area contributed by atoms with Crippen LogP contribution in [0, 0.1) is 6.92 Å². The number of methoxy groups -OCH3 is 1. The zero-order chi connectivity index (χ0) is 16.7. The Labute approximate surface area is 136 Å². The highest BCUT2D eigenvalue weighted by atomic mass is 16.5. The van der Waals surface area contributed by atoms with E-state index < -0.39 is 0 Å². The molecular formula is C17H21N5O. The number of rotatable bonds is 4. The van der Waals surface area contributed by atoms with Crippen molar-refractivity contribution in [1.29, 1.82) is 0 Å². The molecule has 0 atom stereocenters. The van der Waals surface area contributed by atoms with E-state index >= 15 is 0 Å². The third-order valence-corrected chi connectivity index (χ3v) is 3.12. The molecule has 0 fully saturated rings. The van der Waals surface area contributed by atoms with Crippen LogP contribution in [0.4, 0.5) is 0 Å². The van der Waals surface area contributed by atoms with E-state index in [1.54, 1.807) is 30.5 Å². The van der Waals surface area contributed by atoms with E-state index in [9.17, 15) is 0 Å². The highest BCUT2D eigenvalue weighted by Crippen LogP contribution is 2.29. The largest absolute Gasteiger partial charge is 0.481 e. The van der Waals surface area contributed by atoms with Gasteiger partial charge in [-0.15, -0.1) is 0 Å². The fraction of sp³-hybridized carbons (Fsp3) is 0.294. The standard InChI is InChI=1S/C15H15N5O.C2H6/c1-11-5-13(3-4-17-11)14-6-12(7-18-15(14)21-2)8-20-10-16-9-19-20;1-2/h3-7,9-10H,8H2,1-2H3;1-2H3. The normalized spacial score (nSPS) is 9.91. The first kappa shape index (κ1) is 16.6. The lowest BCUT2D eigenvalue weighted by atomic mass is 10.1. The predicted octanol–water partition coefficient (Wildman–Crippen LogP) is 3.13. The molecule has 0 bridgehead atoms. The van der Waals surface area contributed by atoms with Crippen molar-refractivity contribution in [2.75, 3.05) is 7.11 Å². The van der Waals surface area contributed by atoms with Gasteiger partial charge in [-0.05, 0) is 36.2 Å². The first-order valence-corrected chi connectivity index (χ1v) is 7.54. The Hall–Kier alpha value is -2.76. The molecule has 0 aromatic carbocycles. The molecule has 6 nitrogen and oxygen atoms in total. The highest BCUT2D eigenvalue weighted by molar-refractivity contribution is 5.69. The van der Waals surface area contributed by atoms with Crippen LogP contribution in [0.1, 0.15) is 25.1 Å². The Morgan fingerprint density at radius 1 is 1.17 bits per heavy atom. The summed E-state index contributed by atoms with van der Waals surface area (Å²) < 4.78 is 7.12. The first-order chi connectivity index (χ1) is 11.3. The summed E-state index contributed by atoms with van der Waals surface area (Å²) in [7, 11) is 1.62. The van der Waals surface area contributed by atoms with Gasteiger partial charge in [0.15, 0.2) is 0 Å². The molecule has 0 aliphatic carbocycles. The lowest BCUT2D eigenvalue weighted by molar-refractivity contribution is 0.399. The Bertz CT molecular complexity index is 740. The molecule has 3 aromatic rings. The van der Waals surface area contributed by atoms with Crippen molar-refractivity contribution in [3.05, 3.63) is 54.5 Å². The third kappa shape index (κ3) is 4.12. The minimum Gasteiger partial charge on any atom is -0.481 e. The van der Waals surface area contributed by atoms with Crippen LogP contribution in [-0.2, 0) is 6.54 Å². The molecule has 3 aromatic heterocycles. The average Bonchev–Trinajstić information content (AvgIpc) is 3.09. The van der Waals surface area contributed by atoms with E-state index in [1.807, 2.05) is 32.9 Å². The van der Waals surface area contributed by atoms with Gasteiger partial charge in [0, 0.05) is 23.7 Å². The second kappa shape index (κ2) is 8.03. The van der Waals surface area contributed by atoms with Crippen molar-refractivity contribution in [3.8, 4) is 17.0 Å². The van der Waals surface area contributed by atoms with E-state index in [-0.39, 0.29) is 0 Å². The van der Waals surface area contributed by atoms with Crippen molar-refractivity contribution < 1.29 is 4.74 Å². The van der Waals surface area contributed by atoms with E-state index in [0.717, 1.165) is 22.4 Å². The van der Waals surface area contributed by atoms with Crippen LogP contribution >= 0.6 is 0 Å². The van der Waals surface area contributed by atoms with Crippen molar-refractivity contribution in [3.63, 3.8) is 0 Å². The Morgan fingerprint density at radius 2 is 2.00 bits per heavy atom. The number of hydrogen-bond acceptors (Lipinski definition) is 5. The molecule has 23 heavy (non-hydrogen) atoms. The number of pyridine rings is 2. The van der Waals surface area contributed by atoms with Gasteiger partial charge < -0.3 is 4.74 Å². The van der Waals surface area contributed by atoms with E-state index in [0.29, 0.717) is 12.4 Å². The SMILES string of the molecule is CC.COc1ncc(Cn2cncn2)cc1-c1ccnc(C)c1. The van der Waals surface area contributed by atoms with Gasteiger partial charge in [0.05, 0.1) is 13.7 Å². The van der Waals surface area contributed by atoms with Gasteiger partial charge in [0.1, 0.15) is 12.7 Å². The van der Waals surface area contributed by atoms with E-state index in [1.165, 1.54) is 6.33 Å². The van der Waals surface area contributed by atoms with Gasteiger partial charge in [-0.3, -0.25) is 4.98 Å². The molecule has 0 aliphatic rings. The van der Waals surface area contributed by atoms with Crippen LogP contribution in [0.15, 0.2) is 43.2 Å². The number of nitrogens with zero attached hydrogens (tertiary/aromatic N) is 5. The molecule has 3 heterocycles. The number of ether oxygens (including phenoxy) is 1. The molecule has 6 heteroatoms. The summed E-state index contributed by atoms with van der Waals surface area (Å²) in [4.78, 5) is 12.5. The van der Waals surface area contributed by atoms with Crippen LogP contribution < -0.4 is 4.74 Å². The Balaban J connectivity index is 0.000000924. The van der Waals surface area contributed by atoms with Gasteiger partial charge in [0.25, 0.3) is 0 Å². The van der Waals surface area contributed by atoms with Crippen LogP contribution in [0.3, 0.4) is 0 Å². The summed E-state index contributed by atoms with van der Waals surface area (Å²) in [6.07, 6.45) is 6.77. The molecule has 0 saturated carbocycles. The topological polar surface area (TPSA) is 65.7 Å². The molecule has 3 rings (SSSR count). The maximum atomic E-state index is 5.36. The zero-order valence-electron chi connectivity index (χ0n) is 13.9. The third-order valence-electron chi connectivity index (χ3n) is 3.12.